The number of carbonyl (C=O) groups is 1. The minimum Gasteiger partial charge on any atom is -0.344 e. The van der Waals surface area contributed by atoms with Crippen molar-refractivity contribution in [2.24, 2.45) is 0 Å². The molecular weight excluding hydrogens is 459 g/mol. The van der Waals surface area contributed by atoms with Crippen molar-refractivity contribution in [3.63, 3.8) is 0 Å². The smallest absolute Gasteiger partial charge is 0.267 e. The number of benzene rings is 2. The van der Waals surface area contributed by atoms with Gasteiger partial charge in [0.2, 0.25) is 0 Å². The van der Waals surface area contributed by atoms with Crippen molar-refractivity contribution in [3.8, 4) is 11.3 Å². The van der Waals surface area contributed by atoms with E-state index >= 15 is 0 Å². The van der Waals surface area contributed by atoms with Crippen LogP contribution in [0.2, 0.25) is 0 Å². The molecule has 8 heteroatoms. The maximum absolute atomic E-state index is 11.1. The zero-order valence-corrected chi connectivity index (χ0v) is 20.0. The average Bonchev–Trinajstić information content (AvgIpc) is 3.21. The Hall–Kier alpha value is -2.64. The number of imidazole rings is 1. The molecule has 33 heavy (non-hydrogen) atoms. The fraction of sp³-hybridized carbons (Fsp3) is 0.280. The van der Waals surface area contributed by atoms with E-state index in [2.05, 4.69) is 34.1 Å². The third-order valence-electron chi connectivity index (χ3n) is 5.59. The molecule has 0 saturated carbocycles. The molecule has 0 bridgehead atoms. The molecule has 2 heterocycles. The van der Waals surface area contributed by atoms with Crippen LogP contribution >= 0.6 is 24.8 Å². The van der Waals surface area contributed by atoms with Crippen molar-refractivity contribution in [2.75, 3.05) is 13.1 Å². The molecular formula is C25H30Cl2N4O2. The molecule has 0 spiro atoms. The molecule has 3 aromatic rings. The Kier molecular flexibility index (Phi) is 10.6. The molecule has 1 fully saturated rings. The van der Waals surface area contributed by atoms with Gasteiger partial charge in [0.05, 0.1) is 11.4 Å². The number of amides is 1. The summed E-state index contributed by atoms with van der Waals surface area (Å²) in [4.78, 5) is 22.2. The molecule has 1 aromatic heterocycles. The van der Waals surface area contributed by atoms with Gasteiger partial charge in [-0.05, 0) is 43.1 Å². The van der Waals surface area contributed by atoms with E-state index in [1.165, 1.54) is 31.0 Å². The number of hydrogen-bond donors (Lipinski definition) is 3. The van der Waals surface area contributed by atoms with Gasteiger partial charge >= 0.3 is 0 Å². The van der Waals surface area contributed by atoms with Gasteiger partial charge in [0.25, 0.3) is 5.91 Å². The normalized spacial score (nSPS) is 13.8. The summed E-state index contributed by atoms with van der Waals surface area (Å²) in [5.41, 5.74) is 6.97. The summed E-state index contributed by atoms with van der Waals surface area (Å²) in [5.74, 6) is 0.406. The highest BCUT2D eigenvalue weighted by Crippen LogP contribution is 2.25. The van der Waals surface area contributed by atoms with E-state index in [-0.39, 0.29) is 24.8 Å². The minimum absolute atomic E-state index is 0. The Morgan fingerprint density at radius 3 is 2.39 bits per heavy atom. The molecule has 4 rings (SSSR count). The standard InChI is InChI=1S/C25H28N4O2.2ClH/c30-24(28-31)14-13-19-9-11-20(12-10-19)17-23-26-22(18-29-15-5-2-6-16-29)25(27-23)21-7-3-1-4-8-21;;/h1,3-4,7-14,31H,2,5-6,15-18H2,(H,26,27)(H,28,30);2*1H/b14-13+;;. The molecule has 1 aliphatic heterocycles. The topological polar surface area (TPSA) is 81.2 Å². The second-order valence-corrected chi connectivity index (χ2v) is 7.94. The zero-order valence-electron chi connectivity index (χ0n) is 18.4. The first-order valence-corrected chi connectivity index (χ1v) is 10.8. The number of aromatic nitrogens is 2. The molecule has 0 unspecified atom stereocenters. The van der Waals surface area contributed by atoms with Crippen LogP contribution in [0.1, 0.15) is 41.9 Å². The zero-order chi connectivity index (χ0) is 21.5. The molecule has 1 aliphatic rings. The number of H-pyrrole nitrogens is 1. The predicted molar refractivity (Wildman–Crippen MR) is 136 cm³/mol. The third kappa shape index (κ3) is 7.44. The lowest BCUT2D eigenvalue weighted by atomic mass is 10.1. The molecule has 176 valence electrons. The van der Waals surface area contributed by atoms with E-state index in [0.717, 1.165) is 47.8 Å². The molecule has 0 radical (unpaired) electrons. The Labute approximate surface area is 206 Å². The number of carbonyl (C=O) groups excluding carboxylic acids is 1. The number of hydrogen-bond acceptors (Lipinski definition) is 4. The Morgan fingerprint density at radius 1 is 1.03 bits per heavy atom. The van der Waals surface area contributed by atoms with Crippen molar-refractivity contribution in [3.05, 3.63) is 83.3 Å². The van der Waals surface area contributed by atoms with E-state index in [1.54, 1.807) is 11.6 Å². The van der Waals surface area contributed by atoms with Crippen molar-refractivity contribution < 1.29 is 10.0 Å². The maximum atomic E-state index is 11.1. The monoisotopic (exact) mass is 488 g/mol. The molecule has 1 amide bonds. The Morgan fingerprint density at radius 2 is 1.73 bits per heavy atom. The van der Waals surface area contributed by atoms with Gasteiger partial charge in [-0.15, -0.1) is 24.8 Å². The highest BCUT2D eigenvalue weighted by Gasteiger charge is 2.17. The fourth-order valence-electron chi connectivity index (χ4n) is 3.99. The average molecular weight is 489 g/mol. The predicted octanol–water partition coefficient (Wildman–Crippen LogP) is 5.02. The number of hydroxylamine groups is 1. The van der Waals surface area contributed by atoms with Crippen LogP contribution in [0.25, 0.3) is 17.3 Å². The first-order valence-electron chi connectivity index (χ1n) is 10.8. The number of nitrogens with one attached hydrogen (secondary N) is 2. The molecule has 6 nitrogen and oxygen atoms in total. The van der Waals surface area contributed by atoms with Gasteiger partial charge in [0.15, 0.2) is 0 Å². The van der Waals surface area contributed by atoms with Crippen molar-refractivity contribution in [1.82, 2.24) is 20.3 Å². The highest BCUT2D eigenvalue weighted by atomic mass is 35.5. The molecule has 0 aliphatic carbocycles. The second kappa shape index (κ2) is 13.2. The van der Waals surface area contributed by atoms with Crippen LogP contribution in [0.4, 0.5) is 0 Å². The van der Waals surface area contributed by atoms with Gasteiger partial charge < -0.3 is 4.98 Å². The van der Waals surface area contributed by atoms with Gasteiger partial charge in [0.1, 0.15) is 5.82 Å². The second-order valence-electron chi connectivity index (χ2n) is 7.94. The number of halogens is 2. The minimum atomic E-state index is -0.547. The summed E-state index contributed by atoms with van der Waals surface area (Å²) in [6.07, 6.45) is 7.52. The Balaban J connectivity index is 0.00000193. The summed E-state index contributed by atoms with van der Waals surface area (Å²) >= 11 is 0. The van der Waals surface area contributed by atoms with E-state index in [9.17, 15) is 4.79 Å². The molecule has 3 N–H and O–H groups in total. The number of rotatable bonds is 7. The summed E-state index contributed by atoms with van der Waals surface area (Å²) < 4.78 is 0. The van der Waals surface area contributed by atoms with Gasteiger partial charge in [-0.25, -0.2) is 10.5 Å². The quantitative estimate of drug-likeness (QED) is 0.248. The van der Waals surface area contributed by atoms with Crippen LogP contribution in [0.15, 0.2) is 60.7 Å². The van der Waals surface area contributed by atoms with Gasteiger partial charge in [0, 0.05) is 24.6 Å². The van der Waals surface area contributed by atoms with Crippen LogP contribution < -0.4 is 5.48 Å². The van der Waals surface area contributed by atoms with Crippen LogP contribution in [0, 0.1) is 0 Å². The lowest BCUT2D eigenvalue weighted by Crippen LogP contribution is -2.29. The first-order chi connectivity index (χ1) is 15.2. The van der Waals surface area contributed by atoms with Crippen molar-refractivity contribution in [2.45, 2.75) is 32.2 Å². The Bertz CT molecular complexity index is 1030. The summed E-state index contributed by atoms with van der Waals surface area (Å²) in [5, 5.41) is 8.57. The lowest BCUT2D eigenvalue weighted by Gasteiger charge is -2.26. The number of aromatic amines is 1. The third-order valence-corrected chi connectivity index (χ3v) is 5.59. The number of likely N-dealkylation sites (tertiary alicyclic amines) is 1. The van der Waals surface area contributed by atoms with Crippen LogP contribution in [-0.2, 0) is 17.8 Å². The number of piperidine rings is 1. The molecule has 0 atom stereocenters. The summed E-state index contributed by atoms with van der Waals surface area (Å²) in [7, 11) is 0. The molecule has 1 saturated heterocycles. The SMILES string of the molecule is Cl.Cl.O=C(/C=C/c1ccc(Cc2nc(-c3ccccc3)c(CN3CCCCC3)[nH]2)cc1)NO. The summed E-state index contributed by atoms with van der Waals surface area (Å²) in [6.45, 7) is 3.19. The lowest BCUT2D eigenvalue weighted by molar-refractivity contribution is -0.124. The maximum Gasteiger partial charge on any atom is 0.267 e. The van der Waals surface area contributed by atoms with Crippen LogP contribution in [0.5, 0.6) is 0 Å². The van der Waals surface area contributed by atoms with E-state index in [1.807, 2.05) is 30.3 Å². The van der Waals surface area contributed by atoms with Gasteiger partial charge in [-0.3, -0.25) is 14.9 Å². The highest BCUT2D eigenvalue weighted by molar-refractivity contribution is 5.90. The van der Waals surface area contributed by atoms with Gasteiger partial charge in [-0.2, -0.15) is 0 Å². The number of nitrogens with zero attached hydrogens (tertiary/aromatic N) is 2. The van der Waals surface area contributed by atoms with E-state index in [4.69, 9.17) is 10.2 Å². The fourth-order valence-corrected chi connectivity index (χ4v) is 3.99. The van der Waals surface area contributed by atoms with Crippen LogP contribution in [0.3, 0.4) is 0 Å². The van der Waals surface area contributed by atoms with Gasteiger partial charge in [-0.1, -0.05) is 61.0 Å². The van der Waals surface area contributed by atoms with Crippen LogP contribution in [-0.4, -0.2) is 39.1 Å². The van der Waals surface area contributed by atoms with E-state index < -0.39 is 5.91 Å². The molecule has 2 aromatic carbocycles. The first kappa shape index (κ1) is 26.6. The van der Waals surface area contributed by atoms with Crippen molar-refractivity contribution >= 4 is 36.8 Å². The largest absolute Gasteiger partial charge is 0.344 e. The van der Waals surface area contributed by atoms with E-state index in [0.29, 0.717) is 6.42 Å². The summed E-state index contributed by atoms with van der Waals surface area (Å²) in [6, 6.07) is 18.3. The van der Waals surface area contributed by atoms with Crippen molar-refractivity contribution in [1.29, 1.82) is 0 Å².